The number of nitrogens with zero attached hydrogens (tertiary/aromatic N) is 4. The van der Waals surface area contributed by atoms with E-state index in [2.05, 4.69) is 58.6 Å². The van der Waals surface area contributed by atoms with Gasteiger partial charge in [-0.15, -0.1) is 0 Å². The number of carboxylic acids is 2. The van der Waals surface area contributed by atoms with Gasteiger partial charge in [-0.1, -0.05) is 12.1 Å². The molecule has 4 N–H and O–H groups in total. The zero-order chi connectivity index (χ0) is 45.8. The van der Waals surface area contributed by atoms with Crippen LogP contribution in [0, 0.1) is 22.7 Å². The van der Waals surface area contributed by atoms with E-state index in [4.69, 9.17) is 29.5 Å². The number of carboxylic acid groups (broad SMARTS) is 2. The maximum Gasteiger partial charge on any atom is 0.304 e. The van der Waals surface area contributed by atoms with Crippen molar-refractivity contribution in [3.05, 3.63) is 107 Å². The van der Waals surface area contributed by atoms with Crippen LogP contribution in [0.3, 0.4) is 0 Å². The molecular weight excluding hydrogens is 813 g/mol. The summed E-state index contributed by atoms with van der Waals surface area (Å²) in [7, 11) is 3.17. The Morgan fingerprint density at radius 2 is 1.00 bits per heavy atom. The Labute approximate surface area is 377 Å². The van der Waals surface area contributed by atoms with Crippen LogP contribution in [0.1, 0.15) is 86.5 Å². The molecule has 14 heteroatoms. The van der Waals surface area contributed by atoms with Crippen molar-refractivity contribution < 1.29 is 38.7 Å². The molecule has 2 fully saturated rings. The van der Waals surface area contributed by atoms with Crippen LogP contribution >= 0.6 is 0 Å². The summed E-state index contributed by atoms with van der Waals surface area (Å²) < 4.78 is 21.7. The predicted molar refractivity (Wildman–Crippen MR) is 249 cm³/mol. The van der Waals surface area contributed by atoms with E-state index >= 15 is 0 Å². The lowest BCUT2D eigenvalue weighted by atomic mass is 9.94. The van der Waals surface area contributed by atoms with Gasteiger partial charge in [0, 0.05) is 89.0 Å². The molecule has 6 rings (SSSR count). The number of nitrogens with one attached hydrogen (secondary N) is 2. The molecule has 0 amide bonds. The number of benzene rings is 4. The highest BCUT2D eigenvalue weighted by Crippen LogP contribution is 2.38. The van der Waals surface area contributed by atoms with E-state index in [1.165, 1.54) is 0 Å². The van der Waals surface area contributed by atoms with Gasteiger partial charge in [0.05, 0.1) is 72.1 Å². The molecule has 340 valence electrons. The third-order valence-corrected chi connectivity index (χ3v) is 11.7. The standard InChI is InChI=1S/2C25H31N3O4/c2*1-3-28(22-10-12-32-13-11-22)24-9-6-19(20(17-31-2)15-25(29)30)14-23(24)27-21-7-4-18(16-26)5-8-21/h2*4-9,14,20,22,27H,3,10-13,15,17H2,1-2H3,(H,29,30)/t2*20-/m10/s1. The van der Waals surface area contributed by atoms with Crippen molar-refractivity contribution in [1.82, 2.24) is 0 Å². The molecule has 4 aromatic rings. The van der Waals surface area contributed by atoms with Gasteiger partial charge in [-0.25, -0.2) is 0 Å². The van der Waals surface area contributed by atoms with Crippen molar-refractivity contribution in [2.75, 3.05) is 87.4 Å². The molecule has 2 atom stereocenters. The lowest BCUT2D eigenvalue weighted by Gasteiger charge is -2.37. The largest absolute Gasteiger partial charge is 0.481 e. The fraction of sp³-hybridized carbons (Fsp3) is 0.440. The summed E-state index contributed by atoms with van der Waals surface area (Å²) in [5.41, 5.74) is 8.72. The van der Waals surface area contributed by atoms with Crippen LogP contribution in [0.5, 0.6) is 0 Å². The first kappa shape index (κ1) is 48.9. The number of carbonyl (C=O) groups is 2. The van der Waals surface area contributed by atoms with Gasteiger partial charge in [0.25, 0.3) is 0 Å². The number of nitriles is 2. The molecule has 2 aliphatic rings. The quantitative estimate of drug-likeness (QED) is 0.0658. The van der Waals surface area contributed by atoms with E-state index in [1.54, 1.807) is 38.5 Å². The molecule has 2 heterocycles. The highest BCUT2D eigenvalue weighted by molar-refractivity contribution is 5.79. The van der Waals surface area contributed by atoms with E-state index in [1.807, 2.05) is 48.5 Å². The van der Waals surface area contributed by atoms with Gasteiger partial charge in [-0.05, 0) is 123 Å². The summed E-state index contributed by atoms with van der Waals surface area (Å²) in [6.07, 6.45) is 3.88. The van der Waals surface area contributed by atoms with E-state index in [0.29, 0.717) is 36.4 Å². The maximum absolute atomic E-state index is 11.4. The smallest absolute Gasteiger partial charge is 0.304 e. The van der Waals surface area contributed by atoms with E-state index < -0.39 is 11.9 Å². The van der Waals surface area contributed by atoms with Gasteiger partial charge >= 0.3 is 11.9 Å². The van der Waals surface area contributed by atoms with Crippen molar-refractivity contribution in [1.29, 1.82) is 10.5 Å². The minimum absolute atomic E-state index is 0.000941. The second-order valence-electron chi connectivity index (χ2n) is 15.9. The van der Waals surface area contributed by atoms with Crippen LogP contribution in [0.25, 0.3) is 0 Å². The number of hydrogen-bond donors (Lipinski definition) is 4. The average molecular weight is 875 g/mol. The Hall–Kier alpha value is -6.16. The molecule has 0 aromatic heterocycles. The summed E-state index contributed by atoms with van der Waals surface area (Å²) in [6.45, 7) is 9.68. The molecule has 0 aliphatic carbocycles. The van der Waals surface area contributed by atoms with Crippen LogP contribution in [-0.4, -0.2) is 101 Å². The van der Waals surface area contributed by atoms with Crippen LogP contribution in [0.4, 0.5) is 34.1 Å². The van der Waals surface area contributed by atoms with Crippen molar-refractivity contribution in [3.8, 4) is 12.1 Å². The van der Waals surface area contributed by atoms with Gasteiger partial charge in [-0.3, -0.25) is 9.59 Å². The molecule has 0 radical (unpaired) electrons. The predicted octanol–water partition coefficient (Wildman–Crippen LogP) is 9.02. The first-order chi connectivity index (χ1) is 31.1. The first-order valence-electron chi connectivity index (χ1n) is 22.0. The lowest BCUT2D eigenvalue weighted by molar-refractivity contribution is -0.138. The van der Waals surface area contributed by atoms with Crippen LogP contribution in [0.15, 0.2) is 84.9 Å². The van der Waals surface area contributed by atoms with Crippen LogP contribution in [0.2, 0.25) is 0 Å². The average Bonchev–Trinajstić information content (AvgIpc) is 3.31. The Bertz CT molecular complexity index is 2020. The molecule has 0 saturated carbocycles. The maximum atomic E-state index is 11.4. The number of anilines is 6. The van der Waals surface area contributed by atoms with E-state index in [9.17, 15) is 19.8 Å². The zero-order valence-corrected chi connectivity index (χ0v) is 37.4. The Kier molecular flexibility index (Phi) is 19.3. The minimum atomic E-state index is -0.852. The van der Waals surface area contributed by atoms with Gasteiger partial charge in [0.1, 0.15) is 0 Å². The summed E-state index contributed by atoms with van der Waals surface area (Å²) in [6, 6.07) is 31.9. The normalized spacial score (nSPS) is 15.0. The molecule has 2 saturated heterocycles. The molecule has 0 unspecified atom stereocenters. The third kappa shape index (κ3) is 13.9. The minimum Gasteiger partial charge on any atom is -0.481 e. The van der Waals surface area contributed by atoms with E-state index in [0.717, 1.165) is 110 Å². The summed E-state index contributed by atoms with van der Waals surface area (Å²) in [5.74, 6) is -2.19. The van der Waals surface area contributed by atoms with Crippen molar-refractivity contribution in [2.24, 2.45) is 0 Å². The fourth-order valence-electron chi connectivity index (χ4n) is 8.50. The SMILES string of the molecule is CCN(c1ccc([C@@H](COC)CC(=O)O)cc1Nc1ccc(C#N)cc1)C1CCOCC1.CCN(c1ccc([C@H](COC)CC(=O)O)cc1Nc1ccc(C#N)cc1)C1CCOCC1. The van der Waals surface area contributed by atoms with Crippen molar-refractivity contribution in [3.63, 3.8) is 0 Å². The highest BCUT2D eigenvalue weighted by atomic mass is 16.5. The van der Waals surface area contributed by atoms with Gasteiger partial charge in [-0.2, -0.15) is 10.5 Å². The number of aliphatic carboxylic acids is 2. The third-order valence-electron chi connectivity index (χ3n) is 11.7. The van der Waals surface area contributed by atoms with Gasteiger partial charge < -0.3 is 49.6 Å². The Morgan fingerprint density at radius 1 is 0.641 bits per heavy atom. The van der Waals surface area contributed by atoms with Crippen LogP contribution < -0.4 is 20.4 Å². The summed E-state index contributed by atoms with van der Waals surface area (Å²) in [4.78, 5) is 27.6. The monoisotopic (exact) mass is 874 g/mol. The second kappa shape index (κ2) is 25.2. The number of rotatable bonds is 20. The first-order valence-corrected chi connectivity index (χ1v) is 22.0. The Balaban J connectivity index is 0.000000241. The molecular formula is C50H62N6O8. The van der Waals surface area contributed by atoms with Gasteiger partial charge in [0.2, 0.25) is 0 Å². The Morgan fingerprint density at radius 3 is 1.30 bits per heavy atom. The fourth-order valence-corrected chi connectivity index (χ4v) is 8.50. The number of hydrogen-bond acceptors (Lipinski definition) is 12. The van der Waals surface area contributed by atoms with Gasteiger partial charge in [0.15, 0.2) is 0 Å². The number of methoxy groups -OCH3 is 2. The zero-order valence-electron chi connectivity index (χ0n) is 37.4. The summed E-state index contributed by atoms with van der Waals surface area (Å²) >= 11 is 0. The lowest BCUT2D eigenvalue weighted by Crippen LogP contribution is -2.39. The van der Waals surface area contributed by atoms with Crippen molar-refractivity contribution >= 4 is 46.1 Å². The second-order valence-corrected chi connectivity index (χ2v) is 15.9. The van der Waals surface area contributed by atoms with E-state index in [-0.39, 0.29) is 24.7 Å². The van der Waals surface area contributed by atoms with Crippen molar-refractivity contribution in [2.45, 2.75) is 76.3 Å². The number of ether oxygens (including phenoxy) is 4. The summed E-state index contributed by atoms with van der Waals surface area (Å²) in [5, 5.41) is 43.9. The molecule has 0 bridgehead atoms. The molecule has 4 aromatic carbocycles. The molecule has 2 aliphatic heterocycles. The molecule has 0 spiro atoms. The molecule has 14 nitrogen and oxygen atoms in total. The highest BCUT2D eigenvalue weighted by Gasteiger charge is 2.26. The van der Waals surface area contributed by atoms with Crippen LogP contribution in [-0.2, 0) is 28.5 Å². The molecule has 64 heavy (non-hydrogen) atoms. The topological polar surface area (TPSA) is 190 Å².